The zero-order valence-electron chi connectivity index (χ0n) is 11.2. The molecule has 0 saturated carbocycles. The van der Waals surface area contributed by atoms with Crippen LogP contribution < -0.4 is 0 Å². The molecule has 0 unspecified atom stereocenters. The summed E-state index contributed by atoms with van der Waals surface area (Å²) in [5.41, 5.74) is 3.40. The van der Waals surface area contributed by atoms with E-state index in [0.717, 1.165) is 25.1 Å². The van der Waals surface area contributed by atoms with E-state index in [2.05, 4.69) is 37.4 Å². The van der Waals surface area contributed by atoms with Crippen LogP contribution in [0.25, 0.3) is 6.08 Å². The highest BCUT2D eigenvalue weighted by Gasteiger charge is 2.13. The van der Waals surface area contributed by atoms with Crippen molar-refractivity contribution < 1.29 is 0 Å². The maximum absolute atomic E-state index is 9.28. The van der Waals surface area contributed by atoms with Crippen LogP contribution >= 0.6 is 0 Å². The van der Waals surface area contributed by atoms with Gasteiger partial charge in [0.1, 0.15) is 0 Å². The second kappa shape index (κ2) is 6.61. The van der Waals surface area contributed by atoms with E-state index in [4.69, 9.17) is 0 Å². The van der Waals surface area contributed by atoms with Crippen molar-refractivity contribution in [2.45, 2.75) is 19.8 Å². The fourth-order valence-corrected chi connectivity index (χ4v) is 2.16. The van der Waals surface area contributed by atoms with E-state index in [-0.39, 0.29) is 0 Å². The topological polar surface area (TPSA) is 27.0 Å². The first-order valence-electron chi connectivity index (χ1n) is 6.65. The molecule has 0 bridgehead atoms. The van der Waals surface area contributed by atoms with Crippen molar-refractivity contribution in [1.29, 1.82) is 5.26 Å². The quantitative estimate of drug-likeness (QED) is 0.594. The third-order valence-corrected chi connectivity index (χ3v) is 3.06. The molecule has 0 fully saturated rings. The number of benzene rings is 1. The van der Waals surface area contributed by atoms with Crippen molar-refractivity contribution in [2.24, 2.45) is 0 Å². The molecule has 0 amide bonds. The molecule has 2 rings (SSSR count). The monoisotopic (exact) mass is 250 g/mol. The van der Waals surface area contributed by atoms with Crippen LogP contribution in [0.3, 0.4) is 0 Å². The van der Waals surface area contributed by atoms with Crippen LogP contribution in [-0.2, 0) is 0 Å². The summed E-state index contributed by atoms with van der Waals surface area (Å²) in [6, 6.07) is 10.2. The standard InChI is InChI=1S/C17H18N2/c1-2-12-19(14-18)17-11-7-6-10-16(17)13-15-8-4-3-5-9-15/h3-9,11,13H,2,10,12H2,1H3. The van der Waals surface area contributed by atoms with Gasteiger partial charge in [-0.15, -0.1) is 0 Å². The van der Waals surface area contributed by atoms with E-state index in [1.807, 2.05) is 30.4 Å². The van der Waals surface area contributed by atoms with Crippen molar-refractivity contribution in [3.8, 4) is 6.19 Å². The van der Waals surface area contributed by atoms with Gasteiger partial charge in [-0.25, -0.2) is 0 Å². The van der Waals surface area contributed by atoms with Crippen molar-refractivity contribution in [1.82, 2.24) is 4.90 Å². The summed E-state index contributed by atoms with van der Waals surface area (Å²) in [7, 11) is 0. The number of nitriles is 1. The van der Waals surface area contributed by atoms with E-state index in [0.29, 0.717) is 0 Å². The lowest BCUT2D eigenvalue weighted by Crippen LogP contribution is -2.20. The second-order valence-electron chi connectivity index (χ2n) is 4.52. The minimum atomic E-state index is 0.766. The fourth-order valence-electron chi connectivity index (χ4n) is 2.16. The van der Waals surface area contributed by atoms with E-state index >= 15 is 0 Å². The average Bonchev–Trinajstić information content (AvgIpc) is 2.47. The molecule has 1 aliphatic rings. The molecule has 0 heterocycles. The van der Waals surface area contributed by atoms with Crippen LogP contribution in [0, 0.1) is 11.5 Å². The number of hydrogen-bond acceptors (Lipinski definition) is 2. The van der Waals surface area contributed by atoms with Gasteiger partial charge in [0, 0.05) is 6.54 Å². The van der Waals surface area contributed by atoms with Crippen LogP contribution in [0.4, 0.5) is 0 Å². The average molecular weight is 250 g/mol. The second-order valence-corrected chi connectivity index (χ2v) is 4.52. The van der Waals surface area contributed by atoms with Gasteiger partial charge in [-0.3, -0.25) is 4.90 Å². The molecule has 0 aromatic heterocycles. The SMILES string of the molecule is CCCN(C#N)C1=CC=CCC1=Cc1ccccc1. The minimum absolute atomic E-state index is 0.766. The maximum Gasteiger partial charge on any atom is 0.184 e. The van der Waals surface area contributed by atoms with Gasteiger partial charge in [-0.05, 0) is 36.1 Å². The molecule has 19 heavy (non-hydrogen) atoms. The van der Waals surface area contributed by atoms with Crippen LogP contribution in [0.5, 0.6) is 0 Å². The molecule has 0 aliphatic heterocycles. The Bertz CT molecular complexity index is 544. The Morgan fingerprint density at radius 1 is 1.32 bits per heavy atom. The lowest BCUT2D eigenvalue weighted by molar-refractivity contribution is 0.484. The first-order valence-corrected chi connectivity index (χ1v) is 6.65. The Morgan fingerprint density at radius 3 is 2.79 bits per heavy atom. The van der Waals surface area contributed by atoms with Crippen LogP contribution in [0.2, 0.25) is 0 Å². The molecule has 1 aromatic rings. The maximum atomic E-state index is 9.28. The van der Waals surface area contributed by atoms with Crippen molar-refractivity contribution in [3.63, 3.8) is 0 Å². The van der Waals surface area contributed by atoms with Gasteiger partial charge < -0.3 is 0 Å². The molecule has 0 radical (unpaired) electrons. The summed E-state index contributed by atoms with van der Waals surface area (Å²) < 4.78 is 0. The smallest absolute Gasteiger partial charge is 0.184 e. The number of hydrogen-bond donors (Lipinski definition) is 0. The summed E-state index contributed by atoms with van der Waals surface area (Å²) in [5, 5.41) is 9.28. The first-order chi connectivity index (χ1) is 9.35. The number of allylic oxidation sites excluding steroid dienone is 4. The van der Waals surface area contributed by atoms with Gasteiger partial charge in [0.15, 0.2) is 6.19 Å². The molecule has 1 aliphatic carbocycles. The lowest BCUT2D eigenvalue weighted by Gasteiger charge is -2.22. The highest BCUT2D eigenvalue weighted by atomic mass is 15.1. The van der Waals surface area contributed by atoms with Gasteiger partial charge in [-0.2, -0.15) is 5.26 Å². The van der Waals surface area contributed by atoms with Crippen LogP contribution in [0.1, 0.15) is 25.3 Å². The molecule has 2 nitrogen and oxygen atoms in total. The molecule has 0 atom stereocenters. The van der Waals surface area contributed by atoms with Crippen LogP contribution in [0.15, 0.2) is 59.8 Å². The highest BCUT2D eigenvalue weighted by molar-refractivity contribution is 5.60. The largest absolute Gasteiger partial charge is 0.279 e. The zero-order valence-corrected chi connectivity index (χ0v) is 11.2. The van der Waals surface area contributed by atoms with Gasteiger partial charge >= 0.3 is 0 Å². The van der Waals surface area contributed by atoms with E-state index in [9.17, 15) is 5.26 Å². The molecular weight excluding hydrogens is 232 g/mol. The Hall–Kier alpha value is -2.27. The zero-order chi connectivity index (χ0) is 13.5. The van der Waals surface area contributed by atoms with Crippen molar-refractivity contribution >= 4 is 6.08 Å². The van der Waals surface area contributed by atoms with Gasteiger partial charge in [0.05, 0.1) is 5.70 Å². The van der Waals surface area contributed by atoms with E-state index in [1.165, 1.54) is 11.1 Å². The normalized spacial score (nSPS) is 16.0. The number of rotatable bonds is 4. The van der Waals surface area contributed by atoms with E-state index in [1.54, 1.807) is 4.90 Å². The van der Waals surface area contributed by atoms with Crippen LogP contribution in [-0.4, -0.2) is 11.4 Å². The molecule has 2 heteroatoms. The summed E-state index contributed by atoms with van der Waals surface area (Å²) >= 11 is 0. The van der Waals surface area contributed by atoms with Gasteiger partial charge in [-0.1, -0.05) is 49.4 Å². The molecule has 0 saturated heterocycles. The van der Waals surface area contributed by atoms with Crippen molar-refractivity contribution in [3.05, 3.63) is 65.4 Å². The van der Waals surface area contributed by atoms with Gasteiger partial charge in [0.25, 0.3) is 0 Å². The summed E-state index contributed by atoms with van der Waals surface area (Å²) in [4.78, 5) is 1.78. The van der Waals surface area contributed by atoms with E-state index < -0.39 is 0 Å². The molecule has 1 aromatic carbocycles. The minimum Gasteiger partial charge on any atom is -0.279 e. The third-order valence-electron chi connectivity index (χ3n) is 3.06. The predicted octanol–water partition coefficient (Wildman–Crippen LogP) is 4.11. The highest BCUT2D eigenvalue weighted by Crippen LogP contribution is 2.25. The molecular formula is C17H18N2. The Balaban J connectivity index is 2.30. The Labute approximate surface area is 115 Å². The first kappa shape index (κ1) is 13.2. The Kier molecular flexibility index (Phi) is 4.58. The molecule has 96 valence electrons. The fraction of sp³-hybridized carbons (Fsp3) is 0.235. The lowest BCUT2D eigenvalue weighted by atomic mass is 10.00. The summed E-state index contributed by atoms with van der Waals surface area (Å²) in [6.07, 6.45) is 12.5. The Morgan fingerprint density at radius 2 is 2.11 bits per heavy atom. The van der Waals surface area contributed by atoms with Crippen molar-refractivity contribution in [2.75, 3.05) is 6.54 Å². The third kappa shape index (κ3) is 3.35. The predicted molar refractivity (Wildman–Crippen MR) is 78.9 cm³/mol. The summed E-state index contributed by atoms with van der Waals surface area (Å²) in [6.45, 7) is 2.85. The number of nitrogens with zero attached hydrogens (tertiary/aromatic N) is 2. The summed E-state index contributed by atoms with van der Waals surface area (Å²) in [5.74, 6) is 0. The molecule has 0 N–H and O–H groups in total. The van der Waals surface area contributed by atoms with Gasteiger partial charge in [0.2, 0.25) is 0 Å². The molecule has 0 spiro atoms.